The maximum absolute atomic E-state index is 12.9. The molecule has 1 saturated heterocycles. The quantitative estimate of drug-likeness (QED) is 0.729. The molecule has 0 atom stereocenters. The number of ether oxygens (including phenoxy) is 1. The van der Waals surface area contributed by atoms with E-state index >= 15 is 0 Å². The zero-order valence-electron chi connectivity index (χ0n) is 15.1. The molecule has 1 aliphatic heterocycles. The van der Waals surface area contributed by atoms with Crippen LogP contribution in [0, 0.1) is 6.92 Å². The first-order valence-electron chi connectivity index (χ1n) is 8.99. The molecule has 0 saturated carbocycles. The summed E-state index contributed by atoms with van der Waals surface area (Å²) in [5.74, 6) is 0.823. The van der Waals surface area contributed by atoms with Gasteiger partial charge in [0.2, 0.25) is 0 Å². The molecule has 0 aromatic carbocycles. The monoisotopic (exact) mass is 383 g/mol. The average Bonchev–Trinajstić information content (AvgIpc) is 3.06. The van der Waals surface area contributed by atoms with E-state index in [0.717, 1.165) is 38.6 Å². The second-order valence-corrected chi connectivity index (χ2v) is 7.36. The van der Waals surface area contributed by atoms with Gasteiger partial charge in [-0.2, -0.15) is 0 Å². The maximum atomic E-state index is 12.9. The van der Waals surface area contributed by atoms with Crippen molar-refractivity contribution in [3.05, 3.63) is 46.9 Å². The van der Waals surface area contributed by atoms with Crippen LogP contribution in [0.1, 0.15) is 20.9 Å². The number of nitrogens with one attached hydrogen (secondary N) is 1. The summed E-state index contributed by atoms with van der Waals surface area (Å²) in [5.41, 5.74) is 1.97. The molecule has 1 fully saturated rings. The SMILES string of the molecule is Cc1c(C(=O)N2CCOCC2)sc2ncnc(NCCc3ccccn3)c12. The topological polar surface area (TPSA) is 80.2 Å². The van der Waals surface area contributed by atoms with Gasteiger partial charge in [-0.15, -0.1) is 11.3 Å². The Hall–Kier alpha value is -2.58. The van der Waals surface area contributed by atoms with Crippen molar-refractivity contribution in [2.45, 2.75) is 13.3 Å². The molecule has 4 heterocycles. The Kier molecular flexibility index (Phi) is 5.26. The number of pyridine rings is 1. The highest BCUT2D eigenvalue weighted by molar-refractivity contribution is 7.20. The van der Waals surface area contributed by atoms with Crippen LogP contribution in [-0.2, 0) is 11.2 Å². The number of carbonyl (C=O) groups excluding carboxylic acids is 1. The van der Waals surface area contributed by atoms with Gasteiger partial charge in [-0.1, -0.05) is 6.07 Å². The molecule has 8 heteroatoms. The molecule has 3 aromatic heterocycles. The van der Waals surface area contributed by atoms with Gasteiger partial charge < -0.3 is 15.0 Å². The number of hydrogen-bond acceptors (Lipinski definition) is 7. The Bertz CT molecular complexity index is 938. The zero-order chi connectivity index (χ0) is 18.6. The van der Waals surface area contributed by atoms with Crippen LogP contribution in [0.5, 0.6) is 0 Å². The van der Waals surface area contributed by atoms with Gasteiger partial charge in [-0.3, -0.25) is 9.78 Å². The molecule has 0 bridgehead atoms. The van der Waals surface area contributed by atoms with Crippen molar-refractivity contribution in [2.24, 2.45) is 0 Å². The average molecular weight is 383 g/mol. The van der Waals surface area contributed by atoms with Crippen LogP contribution in [-0.4, -0.2) is 58.6 Å². The van der Waals surface area contributed by atoms with Gasteiger partial charge >= 0.3 is 0 Å². The van der Waals surface area contributed by atoms with Gasteiger partial charge in [0, 0.05) is 37.9 Å². The molecular formula is C19H21N5O2S. The number of rotatable bonds is 5. The number of morpholine rings is 1. The van der Waals surface area contributed by atoms with Crippen LogP contribution in [0.2, 0.25) is 0 Å². The summed E-state index contributed by atoms with van der Waals surface area (Å²) in [6.45, 7) is 5.14. The van der Waals surface area contributed by atoms with E-state index in [4.69, 9.17) is 4.74 Å². The molecule has 0 radical (unpaired) electrons. The van der Waals surface area contributed by atoms with Gasteiger partial charge in [0.1, 0.15) is 17.0 Å². The van der Waals surface area contributed by atoms with Crippen molar-refractivity contribution in [1.29, 1.82) is 0 Å². The summed E-state index contributed by atoms with van der Waals surface area (Å²) < 4.78 is 5.35. The molecule has 1 N–H and O–H groups in total. The molecule has 3 aromatic rings. The van der Waals surface area contributed by atoms with Gasteiger partial charge in [-0.25, -0.2) is 9.97 Å². The lowest BCUT2D eigenvalue weighted by molar-refractivity contribution is 0.0306. The van der Waals surface area contributed by atoms with Crippen LogP contribution < -0.4 is 5.32 Å². The first kappa shape index (κ1) is 17.8. The number of hydrogen-bond donors (Lipinski definition) is 1. The lowest BCUT2D eigenvalue weighted by atomic mass is 10.2. The Morgan fingerprint density at radius 1 is 1.26 bits per heavy atom. The number of aryl methyl sites for hydroxylation is 1. The fraction of sp³-hybridized carbons (Fsp3) is 0.368. The van der Waals surface area contributed by atoms with E-state index in [9.17, 15) is 4.79 Å². The summed E-state index contributed by atoms with van der Waals surface area (Å²) in [4.78, 5) is 29.4. The smallest absolute Gasteiger partial charge is 0.264 e. The van der Waals surface area contributed by atoms with Crippen molar-refractivity contribution in [1.82, 2.24) is 19.9 Å². The number of amides is 1. The first-order chi connectivity index (χ1) is 13.2. The maximum Gasteiger partial charge on any atom is 0.264 e. The van der Waals surface area contributed by atoms with Gasteiger partial charge in [0.15, 0.2) is 0 Å². The van der Waals surface area contributed by atoms with Gasteiger partial charge in [0.25, 0.3) is 5.91 Å². The normalized spacial score (nSPS) is 14.5. The van der Waals surface area contributed by atoms with E-state index in [2.05, 4.69) is 20.3 Å². The molecule has 0 aliphatic carbocycles. The van der Waals surface area contributed by atoms with Crippen molar-refractivity contribution >= 4 is 33.3 Å². The second kappa shape index (κ2) is 7.98. The van der Waals surface area contributed by atoms with Crippen molar-refractivity contribution < 1.29 is 9.53 Å². The highest BCUT2D eigenvalue weighted by atomic mass is 32.1. The zero-order valence-corrected chi connectivity index (χ0v) is 16.0. The Morgan fingerprint density at radius 2 is 2.11 bits per heavy atom. The Balaban J connectivity index is 1.55. The van der Waals surface area contributed by atoms with E-state index in [1.165, 1.54) is 11.3 Å². The summed E-state index contributed by atoms with van der Waals surface area (Å²) in [7, 11) is 0. The van der Waals surface area contributed by atoms with Crippen LogP contribution in [0.3, 0.4) is 0 Å². The highest BCUT2D eigenvalue weighted by Gasteiger charge is 2.24. The van der Waals surface area contributed by atoms with E-state index in [1.54, 1.807) is 12.5 Å². The molecule has 27 heavy (non-hydrogen) atoms. The fourth-order valence-electron chi connectivity index (χ4n) is 3.17. The van der Waals surface area contributed by atoms with Crippen molar-refractivity contribution in [2.75, 3.05) is 38.2 Å². The van der Waals surface area contributed by atoms with Gasteiger partial charge in [-0.05, 0) is 24.6 Å². The largest absolute Gasteiger partial charge is 0.378 e. The summed E-state index contributed by atoms with van der Waals surface area (Å²) in [6, 6.07) is 5.90. The molecule has 140 valence electrons. The highest BCUT2D eigenvalue weighted by Crippen LogP contribution is 2.34. The van der Waals surface area contributed by atoms with Crippen LogP contribution >= 0.6 is 11.3 Å². The van der Waals surface area contributed by atoms with E-state index in [0.29, 0.717) is 32.8 Å². The van der Waals surface area contributed by atoms with Crippen LogP contribution in [0.15, 0.2) is 30.7 Å². The lowest BCUT2D eigenvalue weighted by Gasteiger charge is -2.26. The van der Waals surface area contributed by atoms with Crippen LogP contribution in [0.25, 0.3) is 10.2 Å². The number of carbonyl (C=O) groups is 1. The molecule has 0 unspecified atom stereocenters. The number of fused-ring (bicyclic) bond motifs is 1. The Morgan fingerprint density at radius 3 is 2.89 bits per heavy atom. The number of anilines is 1. The standard InChI is InChI=1S/C19H21N5O2S/c1-13-15-17(21-7-5-14-4-2-3-6-20-14)22-12-23-18(15)27-16(13)19(25)24-8-10-26-11-9-24/h2-4,6,12H,5,7-11H2,1H3,(H,21,22,23). The molecule has 4 rings (SSSR count). The fourth-order valence-corrected chi connectivity index (χ4v) is 4.29. The van der Waals surface area contributed by atoms with E-state index < -0.39 is 0 Å². The van der Waals surface area contributed by atoms with Crippen molar-refractivity contribution in [3.8, 4) is 0 Å². The molecule has 0 spiro atoms. The molecular weight excluding hydrogens is 362 g/mol. The first-order valence-corrected chi connectivity index (χ1v) is 9.80. The van der Waals surface area contributed by atoms with Crippen molar-refractivity contribution in [3.63, 3.8) is 0 Å². The molecule has 7 nitrogen and oxygen atoms in total. The summed E-state index contributed by atoms with van der Waals surface area (Å²) in [6.07, 6.45) is 4.14. The second-order valence-electron chi connectivity index (χ2n) is 6.36. The predicted molar refractivity (Wildman–Crippen MR) is 105 cm³/mol. The van der Waals surface area contributed by atoms with E-state index in [1.807, 2.05) is 30.0 Å². The molecule has 1 amide bonds. The third-order valence-electron chi connectivity index (χ3n) is 4.62. The third-order valence-corrected chi connectivity index (χ3v) is 5.81. The van der Waals surface area contributed by atoms with Crippen LogP contribution in [0.4, 0.5) is 5.82 Å². The minimum Gasteiger partial charge on any atom is -0.378 e. The lowest BCUT2D eigenvalue weighted by Crippen LogP contribution is -2.40. The number of nitrogens with zero attached hydrogens (tertiary/aromatic N) is 4. The van der Waals surface area contributed by atoms with Gasteiger partial charge in [0.05, 0.1) is 23.5 Å². The Labute approximate surface area is 161 Å². The minimum absolute atomic E-state index is 0.0539. The third kappa shape index (κ3) is 3.77. The minimum atomic E-state index is 0.0539. The predicted octanol–water partition coefficient (Wildman–Crippen LogP) is 2.52. The summed E-state index contributed by atoms with van der Waals surface area (Å²) in [5, 5.41) is 4.31. The molecule has 1 aliphatic rings. The van der Waals surface area contributed by atoms with E-state index in [-0.39, 0.29) is 5.91 Å². The number of thiophene rings is 1. The number of aromatic nitrogens is 3. The summed E-state index contributed by atoms with van der Waals surface area (Å²) >= 11 is 1.43.